The monoisotopic (exact) mass is 337 g/mol. The minimum atomic E-state index is -0.667. The zero-order chi connectivity index (χ0) is 18.2. The van der Waals surface area contributed by atoms with Gasteiger partial charge < -0.3 is 5.32 Å². The van der Waals surface area contributed by atoms with Crippen LogP contribution in [0.15, 0.2) is 65.8 Å². The molecule has 0 heterocycles. The molecular weight excluding hydrogens is 314 g/mol. The van der Waals surface area contributed by atoms with Gasteiger partial charge in [-0.1, -0.05) is 62.4 Å². The number of nitrogens with zero attached hydrogens (tertiary/aromatic N) is 1. The standard InChI is InChI=1S/C20H23N3O2/c1-14(2)18(21-19(24)17-12-8-5-9-13-17)20(25)23-22-15(3)16-10-6-4-7-11-16/h4-14,18H,1-3H3,(H,21,24)(H,23,25). The summed E-state index contributed by atoms with van der Waals surface area (Å²) in [5.74, 6) is -0.687. The van der Waals surface area contributed by atoms with Gasteiger partial charge in [-0.05, 0) is 30.5 Å². The van der Waals surface area contributed by atoms with Crippen LogP contribution in [0.25, 0.3) is 0 Å². The van der Waals surface area contributed by atoms with E-state index in [0.29, 0.717) is 11.3 Å². The van der Waals surface area contributed by atoms with Gasteiger partial charge in [-0.3, -0.25) is 9.59 Å². The molecule has 2 amide bonds. The molecule has 0 saturated heterocycles. The molecule has 0 aliphatic carbocycles. The molecule has 5 nitrogen and oxygen atoms in total. The van der Waals surface area contributed by atoms with E-state index in [1.807, 2.05) is 57.2 Å². The summed E-state index contributed by atoms with van der Waals surface area (Å²) in [5.41, 5.74) is 4.70. The fourth-order valence-corrected chi connectivity index (χ4v) is 2.30. The zero-order valence-electron chi connectivity index (χ0n) is 14.7. The highest BCUT2D eigenvalue weighted by atomic mass is 16.2. The Balaban J connectivity index is 2.04. The van der Waals surface area contributed by atoms with E-state index >= 15 is 0 Å². The fourth-order valence-electron chi connectivity index (χ4n) is 2.30. The summed E-state index contributed by atoms with van der Waals surface area (Å²) in [6, 6.07) is 17.7. The number of hydrogen-bond donors (Lipinski definition) is 2. The van der Waals surface area contributed by atoms with Crippen LogP contribution in [0.2, 0.25) is 0 Å². The fraction of sp³-hybridized carbons (Fsp3) is 0.250. The molecule has 0 spiro atoms. The Labute approximate surface area is 148 Å². The Kier molecular flexibility index (Phi) is 6.46. The van der Waals surface area contributed by atoms with Crippen LogP contribution in [0, 0.1) is 5.92 Å². The highest BCUT2D eigenvalue weighted by Gasteiger charge is 2.24. The summed E-state index contributed by atoms with van der Waals surface area (Å²) in [6.07, 6.45) is 0. The minimum Gasteiger partial charge on any atom is -0.340 e. The van der Waals surface area contributed by atoms with E-state index in [1.54, 1.807) is 24.3 Å². The van der Waals surface area contributed by atoms with Crippen LogP contribution in [0.1, 0.15) is 36.7 Å². The molecule has 5 heteroatoms. The van der Waals surface area contributed by atoms with E-state index in [0.717, 1.165) is 5.56 Å². The van der Waals surface area contributed by atoms with Crippen molar-refractivity contribution in [1.29, 1.82) is 0 Å². The van der Waals surface area contributed by atoms with Gasteiger partial charge in [0.1, 0.15) is 6.04 Å². The lowest BCUT2D eigenvalue weighted by Gasteiger charge is -2.20. The zero-order valence-corrected chi connectivity index (χ0v) is 14.7. The van der Waals surface area contributed by atoms with Crippen LogP contribution in [0.3, 0.4) is 0 Å². The first-order valence-corrected chi connectivity index (χ1v) is 8.24. The van der Waals surface area contributed by atoms with Crippen LogP contribution >= 0.6 is 0 Å². The maximum Gasteiger partial charge on any atom is 0.262 e. The Morgan fingerprint density at radius 1 is 0.880 bits per heavy atom. The van der Waals surface area contributed by atoms with Crippen molar-refractivity contribution in [3.8, 4) is 0 Å². The second-order valence-electron chi connectivity index (χ2n) is 6.10. The van der Waals surface area contributed by atoms with Crippen molar-refractivity contribution in [3.63, 3.8) is 0 Å². The van der Waals surface area contributed by atoms with Crippen molar-refractivity contribution in [1.82, 2.24) is 10.7 Å². The summed E-state index contributed by atoms with van der Waals surface area (Å²) < 4.78 is 0. The molecule has 2 rings (SSSR count). The molecule has 0 aliphatic rings. The predicted molar refractivity (Wildman–Crippen MR) is 99.3 cm³/mol. The van der Waals surface area contributed by atoms with E-state index in [2.05, 4.69) is 15.8 Å². The predicted octanol–water partition coefficient (Wildman–Crippen LogP) is 2.98. The first-order valence-electron chi connectivity index (χ1n) is 8.24. The molecule has 0 fully saturated rings. The number of amides is 2. The molecule has 25 heavy (non-hydrogen) atoms. The highest BCUT2D eigenvalue weighted by Crippen LogP contribution is 2.06. The van der Waals surface area contributed by atoms with E-state index in [9.17, 15) is 9.59 Å². The van der Waals surface area contributed by atoms with E-state index in [-0.39, 0.29) is 17.7 Å². The van der Waals surface area contributed by atoms with Gasteiger partial charge in [0.25, 0.3) is 11.8 Å². The molecule has 1 unspecified atom stereocenters. The van der Waals surface area contributed by atoms with Gasteiger partial charge in [-0.15, -0.1) is 0 Å². The van der Waals surface area contributed by atoms with Crippen LogP contribution in [0.5, 0.6) is 0 Å². The number of carbonyl (C=O) groups is 2. The third-order valence-corrected chi connectivity index (χ3v) is 3.80. The van der Waals surface area contributed by atoms with Crippen molar-refractivity contribution < 1.29 is 9.59 Å². The van der Waals surface area contributed by atoms with E-state index < -0.39 is 6.04 Å². The van der Waals surface area contributed by atoms with Crippen molar-refractivity contribution in [2.75, 3.05) is 0 Å². The van der Waals surface area contributed by atoms with Crippen molar-refractivity contribution in [2.45, 2.75) is 26.8 Å². The topological polar surface area (TPSA) is 70.6 Å². The molecular formula is C20H23N3O2. The Hall–Kier alpha value is -2.95. The lowest BCUT2D eigenvalue weighted by atomic mass is 10.0. The molecule has 2 aromatic rings. The minimum absolute atomic E-state index is 0.0695. The van der Waals surface area contributed by atoms with Gasteiger partial charge in [0.2, 0.25) is 0 Å². The van der Waals surface area contributed by atoms with Crippen LogP contribution < -0.4 is 10.7 Å². The average Bonchev–Trinajstić information content (AvgIpc) is 2.64. The van der Waals surface area contributed by atoms with Gasteiger partial charge in [-0.2, -0.15) is 5.10 Å². The Morgan fingerprint density at radius 2 is 1.40 bits per heavy atom. The molecule has 0 radical (unpaired) electrons. The van der Waals surface area contributed by atoms with Crippen LogP contribution in [-0.2, 0) is 4.79 Å². The van der Waals surface area contributed by atoms with Crippen LogP contribution in [-0.4, -0.2) is 23.6 Å². The smallest absolute Gasteiger partial charge is 0.262 e. The lowest BCUT2D eigenvalue weighted by Crippen LogP contribution is -2.48. The van der Waals surface area contributed by atoms with Gasteiger partial charge >= 0.3 is 0 Å². The maximum atomic E-state index is 12.5. The van der Waals surface area contributed by atoms with Crippen molar-refractivity contribution in [3.05, 3.63) is 71.8 Å². The van der Waals surface area contributed by atoms with Gasteiger partial charge in [0.15, 0.2) is 0 Å². The SMILES string of the molecule is CC(=NNC(=O)C(NC(=O)c1ccccc1)C(C)C)c1ccccc1. The number of carbonyl (C=O) groups excluding carboxylic acids is 2. The lowest BCUT2D eigenvalue weighted by molar-refractivity contribution is -0.123. The Morgan fingerprint density at radius 3 is 1.92 bits per heavy atom. The first kappa shape index (κ1) is 18.4. The number of nitrogens with one attached hydrogen (secondary N) is 2. The summed E-state index contributed by atoms with van der Waals surface area (Å²) in [7, 11) is 0. The highest BCUT2D eigenvalue weighted by molar-refractivity contribution is 6.00. The van der Waals surface area contributed by atoms with E-state index in [1.165, 1.54) is 0 Å². The van der Waals surface area contributed by atoms with Crippen molar-refractivity contribution in [2.24, 2.45) is 11.0 Å². The summed E-state index contributed by atoms with van der Waals surface area (Å²) in [5, 5.41) is 6.92. The second kappa shape index (κ2) is 8.78. The third kappa shape index (κ3) is 5.28. The van der Waals surface area contributed by atoms with Gasteiger partial charge in [-0.25, -0.2) is 5.43 Å². The molecule has 0 bridgehead atoms. The molecule has 2 N–H and O–H groups in total. The number of rotatable bonds is 6. The van der Waals surface area contributed by atoms with Crippen molar-refractivity contribution >= 4 is 17.5 Å². The average molecular weight is 337 g/mol. The number of hydrogen-bond acceptors (Lipinski definition) is 3. The Bertz CT molecular complexity index is 740. The molecule has 0 saturated carbocycles. The quantitative estimate of drug-likeness (QED) is 0.628. The number of benzene rings is 2. The normalized spacial score (nSPS) is 12.6. The number of hydrazone groups is 1. The largest absolute Gasteiger partial charge is 0.340 e. The summed E-state index contributed by atoms with van der Waals surface area (Å²) in [6.45, 7) is 5.58. The summed E-state index contributed by atoms with van der Waals surface area (Å²) in [4.78, 5) is 24.8. The van der Waals surface area contributed by atoms with E-state index in [4.69, 9.17) is 0 Å². The second-order valence-corrected chi connectivity index (χ2v) is 6.10. The molecule has 1 atom stereocenters. The van der Waals surface area contributed by atoms with Crippen LogP contribution in [0.4, 0.5) is 0 Å². The summed E-state index contributed by atoms with van der Waals surface area (Å²) >= 11 is 0. The molecule has 0 aromatic heterocycles. The van der Waals surface area contributed by atoms with Gasteiger partial charge in [0, 0.05) is 5.56 Å². The maximum absolute atomic E-state index is 12.5. The molecule has 2 aromatic carbocycles. The first-order chi connectivity index (χ1) is 12.0. The van der Waals surface area contributed by atoms with Gasteiger partial charge in [0.05, 0.1) is 5.71 Å². The molecule has 0 aliphatic heterocycles. The third-order valence-electron chi connectivity index (χ3n) is 3.80. The molecule has 130 valence electrons.